The Morgan fingerprint density at radius 3 is 2.50 bits per heavy atom. The molecule has 5 heteroatoms. The predicted octanol–water partition coefficient (Wildman–Crippen LogP) is 4.40. The second kappa shape index (κ2) is 9.24. The zero-order valence-electron chi connectivity index (χ0n) is 16.3. The highest BCUT2D eigenvalue weighted by Crippen LogP contribution is 2.24. The molecule has 0 saturated carbocycles. The molecule has 0 aliphatic heterocycles. The van der Waals surface area contributed by atoms with E-state index in [0.717, 1.165) is 16.8 Å². The standard InChI is InChI=1S/C23H26N2O3/c1-3-21(16-26)25(15-22-8-5-13-28-22)23(27)19-7-4-6-18(14-19)17-9-11-20(24-2)12-10-17/h4-14,21,24,26H,3,15-16H2,1-2H3. The number of furan rings is 1. The van der Waals surface area contributed by atoms with Crippen LogP contribution in [0.25, 0.3) is 11.1 Å². The lowest BCUT2D eigenvalue weighted by Gasteiger charge is -2.29. The van der Waals surface area contributed by atoms with Crippen molar-refractivity contribution in [3.05, 3.63) is 78.3 Å². The Hall–Kier alpha value is -3.05. The van der Waals surface area contributed by atoms with Crippen LogP contribution in [0.1, 0.15) is 29.5 Å². The Morgan fingerprint density at radius 2 is 1.89 bits per heavy atom. The van der Waals surface area contributed by atoms with Gasteiger partial charge >= 0.3 is 0 Å². The molecular weight excluding hydrogens is 352 g/mol. The van der Waals surface area contributed by atoms with Gasteiger partial charge in [0.05, 0.1) is 25.5 Å². The van der Waals surface area contributed by atoms with E-state index < -0.39 is 0 Å². The Labute approximate surface area is 165 Å². The smallest absolute Gasteiger partial charge is 0.254 e. The maximum absolute atomic E-state index is 13.3. The molecule has 0 fully saturated rings. The van der Waals surface area contributed by atoms with Crippen LogP contribution < -0.4 is 5.32 Å². The van der Waals surface area contributed by atoms with Gasteiger partial charge in [-0.1, -0.05) is 31.2 Å². The van der Waals surface area contributed by atoms with Crippen LogP contribution >= 0.6 is 0 Å². The molecule has 1 aromatic heterocycles. The Morgan fingerprint density at radius 1 is 1.11 bits per heavy atom. The summed E-state index contributed by atoms with van der Waals surface area (Å²) in [6.07, 6.45) is 2.25. The molecule has 146 valence electrons. The van der Waals surface area contributed by atoms with Crippen molar-refractivity contribution in [1.29, 1.82) is 0 Å². The second-order valence-electron chi connectivity index (χ2n) is 6.67. The first kappa shape index (κ1) is 19.7. The molecule has 1 heterocycles. The minimum absolute atomic E-state index is 0.0892. The summed E-state index contributed by atoms with van der Waals surface area (Å²) in [7, 11) is 1.88. The van der Waals surface area contributed by atoms with Gasteiger partial charge in [-0.05, 0) is 53.9 Å². The molecule has 0 radical (unpaired) electrons. The molecule has 3 rings (SSSR count). The molecule has 2 aromatic carbocycles. The molecule has 0 aliphatic rings. The van der Waals surface area contributed by atoms with E-state index in [1.807, 2.05) is 68.6 Å². The van der Waals surface area contributed by atoms with Crippen molar-refractivity contribution in [1.82, 2.24) is 4.90 Å². The lowest BCUT2D eigenvalue weighted by atomic mass is 10.0. The number of amides is 1. The van der Waals surface area contributed by atoms with E-state index in [1.54, 1.807) is 17.2 Å². The highest BCUT2D eigenvalue weighted by molar-refractivity contribution is 5.95. The topological polar surface area (TPSA) is 65.7 Å². The molecule has 2 N–H and O–H groups in total. The summed E-state index contributed by atoms with van der Waals surface area (Å²) in [5, 5.41) is 12.9. The molecule has 3 aromatic rings. The minimum Gasteiger partial charge on any atom is -0.467 e. The van der Waals surface area contributed by atoms with Crippen molar-refractivity contribution in [2.24, 2.45) is 0 Å². The largest absolute Gasteiger partial charge is 0.467 e. The zero-order chi connectivity index (χ0) is 19.9. The number of carbonyl (C=O) groups excluding carboxylic acids is 1. The number of hydrogen-bond donors (Lipinski definition) is 2. The van der Waals surface area contributed by atoms with Crippen molar-refractivity contribution in [2.45, 2.75) is 25.9 Å². The molecule has 28 heavy (non-hydrogen) atoms. The lowest BCUT2D eigenvalue weighted by molar-refractivity contribution is 0.0545. The molecule has 0 saturated heterocycles. The Balaban J connectivity index is 1.89. The van der Waals surface area contributed by atoms with Crippen LogP contribution in [0.15, 0.2) is 71.3 Å². The number of hydrogen-bond acceptors (Lipinski definition) is 4. The maximum Gasteiger partial charge on any atom is 0.254 e. The fourth-order valence-corrected chi connectivity index (χ4v) is 3.21. The van der Waals surface area contributed by atoms with Gasteiger partial charge in [0.2, 0.25) is 0 Å². The van der Waals surface area contributed by atoms with Crippen LogP contribution in [0.3, 0.4) is 0 Å². The predicted molar refractivity (Wildman–Crippen MR) is 111 cm³/mol. The summed E-state index contributed by atoms with van der Waals surface area (Å²) in [4.78, 5) is 15.0. The average Bonchev–Trinajstić information content (AvgIpc) is 3.27. The van der Waals surface area contributed by atoms with Gasteiger partial charge in [-0.15, -0.1) is 0 Å². The zero-order valence-corrected chi connectivity index (χ0v) is 16.3. The summed E-state index contributed by atoms with van der Waals surface area (Å²) in [6, 6.07) is 19.0. The summed E-state index contributed by atoms with van der Waals surface area (Å²) in [5.74, 6) is 0.574. The maximum atomic E-state index is 13.3. The number of carbonyl (C=O) groups is 1. The number of aliphatic hydroxyl groups is 1. The SMILES string of the molecule is CCC(CO)N(Cc1ccco1)C(=O)c1cccc(-c2ccc(NC)cc2)c1. The van der Waals surface area contributed by atoms with Gasteiger partial charge in [-0.3, -0.25) is 4.79 Å². The summed E-state index contributed by atoms with van der Waals surface area (Å²) in [6.45, 7) is 2.20. The van der Waals surface area contributed by atoms with Crippen molar-refractivity contribution in [3.8, 4) is 11.1 Å². The van der Waals surface area contributed by atoms with Gasteiger partial charge < -0.3 is 19.7 Å². The molecule has 0 bridgehead atoms. The van der Waals surface area contributed by atoms with Gasteiger partial charge in [0.25, 0.3) is 5.91 Å². The van der Waals surface area contributed by atoms with E-state index in [0.29, 0.717) is 24.3 Å². The van der Waals surface area contributed by atoms with Gasteiger partial charge in [-0.25, -0.2) is 0 Å². The van der Waals surface area contributed by atoms with Gasteiger partial charge in [-0.2, -0.15) is 0 Å². The van der Waals surface area contributed by atoms with Gasteiger partial charge in [0.15, 0.2) is 0 Å². The molecule has 1 atom stereocenters. The lowest BCUT2D eigenvalue weighted by Crippen LogP contribution is -2.41. The molecule has 0 spiro atoms. The summed E-state index contributed by atoms with van der Waals surface area (Å²) in [5.41, 5.74) is 3.65. The van der Waals surface area contributed by atoms with E-state index in [4.69, 9.17) is 4.42 Å². The Kier molecular flexibility index (Phi) is 6.50. The number of aliphatic hydroxyl groups excluding tert-OH is 1. The number of benzene rings is 2. The average molecular weight is 378 g/mol. The van der Waals surface area contributed by atoms with Crippen LogP contribution in [0.2, 0.25) is 0 Å². The third-order valence-corrected chi connectivity index (χ3v) is 4.91. The monoisotopic (exact) mass is 378 g/mol. The first-order valence-corrected chi connectivity index (χ1v) is 9.48. The van der Waals surface area contributed by atoms with Crippen molar-refractivity contribution in [3.63, 3.8) is 0 Å². The van der Waals surface area contributed by atoms with E-state index in [9.17, 15) is 9.90 Å². The molecule has 1 amide bonds. The fourth-order valence-electron chi connectivity index (χ4n) is 3.21. The Bertz CT molecular complexity index is 884. The third kappa shape index (κ3) is 4.43. The second-order valence-corrected chi connectivity index (χ2v) is 6.67. The summed E-state index contributed by atoms with van der Waals surface area (Å²) < 4.78 is 5.42. The van der Waals surface area contributed by atoms with E-state index in [2.05, 4.69) is 5.32 Å². The first-order chi connectivity index (χ1) is 13.7. The normalized spacial score (nSPS) is 11.8. The highest BCUT2D eigenvalue weighted by atomic mass is 16.3. The van der Waals surface area contributed by atoms with E-state index >= 15 is 0 Å². The number of anilines is 1. The number of rotatable bonds is 8. The van der Waals surface area contributed by atoms with Crippen LogP contribution in [-0.2, 0) is 6.54 Å². The highest BCUT2D eigenvalue weighted by Gasteiger charge is 2.24. The number of nitrogens with zero attached hydrogens (tertiary/aromatic N) is 1. The molecular formula is C23H26N2O3. The minimum atomic E-state index is -0.267. The van der Waals surface area contributed by atoms with Crippen LogP contribution in [-0.4, -0.2) is 35.6 Å². The van der Waals surface area contributed by atoms with Gasteiger partial charge in [0.1, 0.15) is 5.76 Å². The van der Waals surface area contributed by atoms with Crippen molar-refractivity contribution >= 4 is 11.6 Å². The van der Waals surface area contributed by atoms with Crippen molar-refractivity contribution < 1.29 is 14.3 Å². The van der Waals surface area contributed by atoms with Crippen LogP contribution in [0.5, 0.6) is 0 Å². The van der Waals surface area contributed by atoms with E-state index in [-0.39, 0.29) is 18.6 Å². The van der Waals surface area contributed by atoms with Crippen molar-refractivity contribution in [2.75, 3.05) is 19.0 Å². The van der Waals surface area contributed by atoms with Crippen LogP contribution in [0, 0.1) is 0 Å². The molecule has 5 nitrogen and oxygen atoms in total. The number of nitrogens with one attached hydrogen (secondary N) is 1. The third-order valence-electron chi connectivity index (χ3n) is 4.91. The van der Waals surface area contributed by atoms with Crippen LogP contribution in [0.4, 0.5) is 5.69 Å². The summed E-state index contributed by atoms with van der Waals surface area (Å²) >= 11 is 0. The molecule has 0 aliphatic carbocycles. The first-order valence-electron chi connectivity index (χ1n) is 9.48. The van der Waals surface area contributed by atoms with Gasteiger partial charge in [0, 0.05) is 18.3 Å². The van der Waals surface area contributed by atoms with E-state index in [1.165, 1.54) is 0 Å². The fraction of sp³-hybridized carbons (Fsp3) is 0.261. The molecule has 1 unspecified atom stereocenters. The quantitative estimate of drug-likeness (QED) is 0.610.